The highest BCUT2D eigenvalue weighted by molar-refractivity contribution is 5.85. The average molecular weight is 292 g/mol. The maximum atomic E-state index is 12.5. The van der Waals surface area contributed by atoms with Gasteiger partial charge in [-0.25, -0.2) is 0 Å². The molecular weight excluding hydrogens is 268 g/mol. The molecule has 0 aromatic rings. The highest BCUT2D eigenvalue weighted by Gasteiger charge is 2.69. The predicted molar refractivity (Wildman–Crippen MR) is 77.3 cm³/mol. The van der Waals surface area contributed by atoms with Gasteiger partial charge in [-0.3, -0.25) is 9.59 Å². The van der Waals surface area contributed by atoms with E-state index in [4.69, 9.17) is 9.47 Å². The summed E-state index contributed by atoms with van der Waals surface area (Å²) in [5, 5.41) is 0. The van der Waals surface area contributed by atoms with Gasteiger partial charge in [0.1, 0.15) is 18.1 Å². The van der Waals surface area contributed by atoms with Crippen LogP contribution in [0.5, 0.6) is 0 Å². The number of hydrogen-bond acceptors (Lipinski definition) is 4. The van der Waals surface area contributed by atoms with Crippen molar-refractivity contribution < 1.29 is 19.1 Å². The van der Waals surface area contributed by atoms with Crippen LogP contribution in [0.15, 0.2) is 12.2 Å². The van der Waals surface area contributed by atoms with Crippen LogP contribution >= 0.6 is 0 Å². The van der Waals surface area contributed by atoms with E-state index in [1.165, 1.54) is 6.92 Å². The molecule has 0 amide bonds. The normalized spacial score (nSPS) is 45.6. The molecule has 1 saturated heterocycles. The zero-order chi connectivity index (χ0) is 15.4. The summed E-state index contributed by atoms with van der Waals surface area (Å²) in [6.45, 7) is 10.2. The van der Waals surface area contributed by atoms with Crippen LogP contribution in [0, 0.1) is 22.7 Å². The molecule has 0 bridgehead atoms. The summed E-state index contributed by atoms with van der Waals surface area (Å²) in [4.78, 5) is 24.1. The summed E-state index contributed by atoms with van der Waals surface area (Å²) < 4.78 is 10.9. The summed E-state index contributed by atoms with van der Waals surface area (Å²) in [6.07, 6.45) is 3.57. The second-order valence-electron chi connectivity index (χ2n) is 7.30. The molecule has 3 fully saturated rings. The third-order valence-corrected chi connectivity index (χ3v) is 6.30. The zero-order valence-corrected chi connectivity index (χ0v) is 13.1. The molecule has 0 aromatic heterocycles. The molecule has 3 aliphatic rings. The fourth-order valence-corrected chi connectivity index (χ4v) is 4.95. The van der Waals surface area contributed by atoms with Crippen LogP contribution in [-0.4, -0.2) is 24.6 Å². The minimum absolute atomic E-state index is 0.00463. The maximum absolute atomic E-state index is 12.5. The van der Waals surface area contributed by atoms with Gasteiger partial charge in [-0.2, -0.15) is 0 Å². The Morgan fingerprint density at radius 3 is 2.71 bits per heavy atom. The van der Waals surface area contributed by atoms with Gasteiger partial charge >= 0.3 is 11.9 Å². The summed E-state index contributed by atoms with van der Waals surface area (Å²) in [5.74, 6) is 0.151. The van der Waals surface area contributed by atoms with Crippen LogP contribution in [-0.2, 0) is 19.1 Å². The van der Waals surface area contributed by atoms with Crippen LogP contribution < -0.4 is 0 Å². The van der Waals surface area contributed by atoms with E-state index in [9.17, 15) is 9.59 Å². The lowest BCUT2D eigenvalue weighted by Gasteiger charge is -2.42. The molecule has 1 aliphatic heterocycles. The first kappa shape index (κ1) is 14.6. The van der Waals surface area contributed by atoms with Crippen LogP contribution in [0.25, 0.3) is 0 Å². The molecule has 1 heterocycles. The van der Waals surface area contributed by atoms with Gasteiger partial charge in [-0.05, 0) is 29.7 Å². The molecule has 116 valence electrons. The molecule has 0 radical (unpaired) electrons. The molecule has 2 aliphatic carbocycles. The molecule has 21 heavy (non-hydrogen) atoms. The Morgan fingerprint density at radius 1 is 1.43 bits per heavy atom. The third-order valence-electron chi connectivity index (χ3n) is 6.30. The second-order valence-corrected chi connectivity index (χ2v) is 7.30. The number of hydrogen-bond donors (Lipinski definition) is 0. The number of carbonyl (C=O) groups excluding carboxylic acids is 2. The number of ether oxygens (including phenoxy) is 2. The molecule has 1 spiro atoms. The predicted octanol–water partition coefficient (Wildman–Crippen LogP) is 2.86. The van der Waals surface area contributed by atoms with Gasteiger partial charge in [0, 0.05) is 12.8 Å². The summed E-state index contributed by atoms with van der Waals surface area (Å²) in [7, 11) is 0. The molecule has 5 atom stereocenters. The van der Waals surface area contributed by atoms with Crippen molar-refractivity contribution in [3.05, 3.63) is 12.2 Å². The summed E-state index contributed by atoms with van der Waals surface area (Å²) in [6, 6.07) is 0. The smallest absolute Gasteiger partial charge is 0.320 e. The molecule has 2 saturated carbocycles. The molecule has 0 aromatic carbocycles. The van der Waals surface area contributed by atoms with Crippen LogP contribution in [0.2, 0.25) is 0 Å². The van der Waals surface area contributed by atoms with Crippen molar-refractivity contribution in [3.8, 4) is 0 Å². The summed E-state index contributed by atoms with van der Waals surface area (Å²) >= 11 is 0. The first-order chi connectivity index (χ1) is 9.82. The van der Waals surface area contributed by atoms with E-state index in [-0.39, 0.29) is 29.9 Å². The monoisotopic (exact) mass is 292 g/mol. The Bertz CT molecular complexity index is 493. The van der Waals surface area contributed by atoms with Gasteiger partial charge in [0.2, 0.25) is 0 Å². The second kappa shape index (κ2) is 4.59. The zero-order valence-electron chi connectivity index (χ0n) is 13.1. The Morgan fingerprint density at radius 2 is 2.14 bits per heavy atom. The lowest BCUT2D eigenvalue weighted by atomic mass is 9.63. The van der Waals surface area contributed by atoms with Gasteiger partial charge in [0.15, 0.2) is 0 Å². The highest BCUT2D eigenvalue weighted by Crippen LogP contribution is 2.65. The number of rotatable bonds is 1. The number of carbonyl (C=O) groups is 2. The van der Waals surface area contributed by atoms with Gasteiger partial charge < -0.3 is 9.47 Å². The number of esters is 2. The van der Waals surface area contributed by atoms with E-state index in [1.807, 2.05) is 0 Å². The Labute approximate surface area is 125 Å². The molecule has 0 N–H and O–H groups in total. The van der Waals surface area contributed by atoms with Crippen LogP contribution in [0.3, 0.4) is 0 Å². The van der Waals surface area contributed by atoms with Gasteiger partial charge in [-0.15, -0.1) is 0 Å². The summed E-state index contributed by atoms with van der Waals surface area (Å²) in [5.41, 5.74) is -0.0319. The van der Waals surface area contributed by atoms with E-state index >= 15 is 0 Å². The van der Waals surface area contributed by atoms with E-state index in [1.54, 1.807) is 0 Å². The fraction of sp³-hybridized carbons (Fsp3) is 0.765. The van der Waals surface area contributed by atoms with Gasteiger partial charge in [0.25, 0.3) is 0 Å². The van der Waals surface area contributed by atoms with E-state index in [0.717, 1.165) is 24.8 Å². The average Bonchev–Trinajstić information content (AvgIpc) is 2.83. The maximum Gasteiger partial charge on any atom is 0.320 e. The lowest BCUT2D eigenvalue weighted by molar-refractivity contribution is -0.162. The third kappa shape index (κ3) is 1.80. The van der Waals surface area contributed by atoms with Crippen LogP contribution in [0.1, 0.15) is 46.5 Å². The van der Waals surface area contributed by atoms with E-state index in [0.29, 0.717) is 12.3 Å². The van der Waals surface area contributed by atoms with Crippen molar-refractivity contribution in [2.75, 3.05) is 6.61 Å². The van der Waals surface area contributed by atoms with Crippen LogP contribution in [0.4, 0.5) is 0 Å². The quantitative estimate of drug-likeness (QED) is 0.551. The Kier molecular flexibility index (Phi) is 3.19. The molecule has 0 unspecified atom stereocenters. The number of fused-ring (bicyclic) bond motifs is 1. The molecule has 4 nitrogen and oxygen atoms in total. The Balaban J connectivity index is 2.09. The SMILES string of the molecule is C=C1COC(=O)[C@]12C[C@@]1(C)[C@H](CCC[C@@H]1C)[C@H]2OC(C)=O. The molecule has 3 rings (SSSR count). The fourth-order valence-electron chi connectivity index (χ4n) is 4.95. The largest absolute Gasteiger partial charge is 0.461 e. The molecule has 4 heteroatoms. The van der Waals surface area contributed by atoms with Gasteiger partial charge in [0.05, 0.1) is 0 Å². The Hall–Kier alpha value is -1.32. The van der Waals surface area contributed by atoms with E-state index in [2.05, 4.69) is 20.4 Å². The van der Waals surface area contributed by atoms with Crippen molar-refractivity contribution in [1.29, 1.82) is 0 Å². The van der Waals surface area contributed by atoms with Crippen molar-refractivity contribution in [2.45, 2.75) is 52.6 Å². The lowest BCUT2D eigenvalue weighted by Crippen LogP contribution is -2.43. The van der Waals surface area contributed by atoms with Gasteiger partial charge in [-0.1, -0.05) is 33.3 Å². The number of cyclic esters (lactones) is 1. The first-order valence-corrected chi connectivity index (χ1v) is 7.85. The topological polar surface area (TPSA) is 52.6 Å². The van der Waals surface area contributed by atoms with Crippen molar-refractivity contribution in [1.82, 2.24) is 0 Å². The van der Waals surface area contributed by atoms with Crippen molar-refractivity contribution in [3.63, 3.8) is 0 Å². The standard InChI is InChI=1S/C17H24O4/c1-10-6-5-7-13-14(21-12(3)18)17(9-16(10,13)4)11(2)8-20-15(17)19/h10,13-14H,2,5-9H2,1,3-4H3/t10-,13+,14+,16+,17+/m0/s1. The first-order valence-electron chi connectivity index (χ1n) is 7.85. The minimum Gasteiger partial charge on any atom is -0.461 e. The van der Waals surface area contributed by atoms with Crippen molar-refractivity contribution >= 4 is 11.9 Å². The van der Waals surface area contributed by atoms with E-state index < -0.39 is 11.5 Å². The minimum atomic E-state index is -0.816. The highest BCUT2D eigenvalue weighted by atomic mass is 16.6. The van der Waals surface area contributed by atoms with Crippen molar-refractivity contribution in [2.24, 2.45) is 22.7 Å². The molecular formula is C17H24O4.